The zero-order chi connectivity index (χ0) is 16.5. The molecule has 0 spiro atoms. The summed E-state index contributed by atoms with van der Waals surface area (Å²) < 4.78 is 11.2. The average molecular weight is 330 g/mol. The molecule has 24 heavy (non-hydrogen) atoms. The second-order valence-corrected chi connectivity index (χ2v) is 7.21. The molecule has 4 atom stereocenters. The number of benzene rings is 1. The number of methoxy groups -OCH3 is 1. The summed E-state index contributed by atoms with van der Waals surface area (Å²) in [5.74, 6) is 2.04. The van der Waals surface area contributed by atoms with Crippen molar-refractivity contribution in [2.75, 3.05) is 26.7 Å². The SMILES string of the molecule is COc1cccc(CCCNC(=O)N2C[C@H]3[C@H](C2)[C@H]2CC[C@H]3O2)c1. The van der Waals surface area contributed by atoms with Crippen molar-refractivity contribution in [2.45, 2.75) is 37.9 Å². The molecule has 0 aromatic heterocycles. The van der Waals surface area contributed by atoms with Gasteiger partial charge in [-0.1, -0.05) is 12.1 Å². The molecule has 0 saturated carbocycles. The molecule has 2 amide bonds. The monoisotopic (exact) mass is 330 g/mol. The highest BCUT2D eigenvalue weighted by Crippen LogP contribution is 2.47. The van der Waals surface area contributed by atoms with Crippen LogP contribution in [0, 0.1) is 11.8 Å². The summed E-state index contributed by atoms with van der Waals surface area (Å²) in [7, 11) is 1.68. The van der Waals surface area contributed by atoms with E-state index in [-0.39, 0.29) is 6.03 Å². The number of hydrogen-bond acceptors (Lipinski definition) is 3. The lowest BCUT2D eigenvalue weighted by atomic mass is 9.82. The number of ether oxygens (including phenoxy) is 2. The molecule has 2 bridgehead atoms. The molecule has 3 aliphatic rings. The Balaban J connectivity index is 1.20. The van der Waals surface area contributed by atoms with Crippen molar-refractivity contribution in [3.05, 3.63) is 29.8 Å². The van der Waals surface area contributed by atoms with E-state index < -0.39 is 0 Å². The van der Waals surface area contributed by atoms with Gasteiger partial charge in [0.15, 0.2) is 0 Å². The lowest BCUT2D eigenvalue weighted by Crippen LogP contribution is -2.40. The van der Waals surface area contributed by atoms with Crippen LogP contribution in [0.3, 0.4) is 0 Å². The molecule has 0 unspecified atom stereocenters. The Bertz CT molecular complexity index is 588. The van der Waals surface area contributed by atoms with E-state index in [0.717, 1.165) is 31.7 Å². The van der Waals surface area contributed by atoms with Gasteiger partial charge in [0.25, 0.3) is 0 Å². The smallest absolute Gasteiger partial charge is 0.317 e. The second-order valence-electron chi connectivity index (χ2n) is 7.21. The Hall–Kier alpha value is -1.75. The van der Waals surface area contributed by atoms with Gasteiger partial charge >= 0.3 is 6.03 Å². The summed E-state index contributed by atoms with van der Waals surface area (Å²) in [5.41, 5.74) is 1.24. The van der Waals surface area contributed by atoms with Gasteiger partial charge in [-0.15, -0.1) is 0 Å². The number of aryl methyl sites for hydroxylation is 1. The number of hydrogen-bond donors (Lipinski definition) is 1. The Morgan fingerprint density at radius 1 is 1.29 bits per heavy atom. The lowest BCUT2D eigenvalue weighted by Gasteiger charge is -2.19. The van der Waals surface area contributed by atoms with E-state index in [1.54, 1.807) is 7.11 Å². The van der Waals surface area contributed by atoms with E-state index in [1.165, 1.54) is 18.4 Å². The zero-order valence-corrected chi connectivity index (χ0v) is 14.2. The third kappa shape index (κ3) is 2.97. The highest BCUT2D eigenvalue weighted by Gasteiger charge is 2.53. The summed E-state index contributed by atoms with van der Waals surface area (Å²) in [4.78, 5) is 14.4. The molecule has 4 rings (SSSR count). The minimum absolute atomic E-state index is 0.0921. The predicted octanol–water partition coefficient (Wildman–Crippen LogP) is 2.45. The van der Waals surface area contributed by atoms with Gasteiger partial charge in [-0.25, -0.2) is 4.79 Å². The van der Waals surface area contributed by atoms with E-state index in [9.17, 15) is 4.79 Å². The second kappa shape index (κ2) is 6.63. The maximum Gasteiger partial charge on any atom is 0.317 e. The fourth-order valence-corrected chi connectivity index (χ4v) is 4.55. The summed E-state index contributed by atoms with van der Waals surface area (Å²) in [6.07, 6.45) is 5.06. The topological polar surface area (TPSA) is 50.8 Å². The summed E-state index contributed by atoms with van der Waals surface area (Å²) >= 11 is 0. The maximum atomic E-state index is 12.4. The number of fused-ring (bicyclic) bond motifs is 5. The van der Waals surface area contributed by atoms with E-state index in [2.05, 4.69) is 17.4 Å². The standard InChI is InChI=1S/C19H26N2O3/c1-23-14-6-2-4-13(10-14)5-3-9-20-19(22)21-11-15-16(12-21)18-8-7-17(15)24-18/h2,4,6,10,15-18H,3,5,7-9,11-12H2,1H3,(H,20,22)/t15-,16-,17+,18+/m0/s1. The number of nitrogens with zero attached hydrogens (tertiary/aromatic N) is 1. The molecule has 3 aliphatic heterocycles. The van der Waals surface area contributed by atoms with Gasteiger partial charge in [-0.05, 0) is 43.4 Å². The summed E-state index contributed by atoms with van der Waals surface area (Å²) in [6, 6.07) is 8.20. The van der Waals surface area contributed by atoms with Crippen LogP contribution >= 0.6 is 0 Å². The third-order valence-electron chi connectivity index (χ3n) is 5.79. The fraction of sp³-hybridized carbons (Fsp3) is 0.632. The first-order valence-electron chi connectivity index (χ1n) is 9.06. The van der Waals surface area contributed by atoms with E-state index >= 15 is 0 Å². The van der Waals surface area contributed by atoms with Crippen LogP contribution in [0.5, 0.6) is 5.75 Å². The molecule has 1 aromatic carbocycles. The Morgan fingerprint density at radius 2 is 2.04 bits per heavy atom. The number of likely N-dealkylation sites (tertiary alicyclic amines) is 1. The highest BCUT2D eigenvalue weighted by molar-refractivity contribution is 5.74. The summed E-state index contributed by atoms with van der Waals surface area (Å²) in [5, 5.41) is 3.08. The number of nitrogens with one attached hydrogen (secondary N) is 1. The van der Waals surface area contributed by atoms with Gasteiger partial charge in [0.2, 0.25) is 0 Å². The molecule has 1 aromatic rings. The van der Waals surface area contributed by atoms with Crippen LogP contribution in [-0.2, 0) is 11.2 Å². The predicted molar refractivity (Wildman–Crippen MR) is 91.2 cm³/mol. The normalized spacial score (nSPS) is 30.5. The van der Waals surface area contributed by atoms with Gasteiger partial charge in [0.1, 0.15) is 5.75 Å². The first-order valence-corrected chi connectivity index (χ1v) is 9.06. The van der Waals surface area contributed by atoms with Crippen LogP contribution in [-0.4, -0.2) is 49.9 Å². The van der Waals surface area contributed by atoms with Crippen molar-refractivity contribution in [1.82, 2.24) is 10.2 Å². The molecule has 1 N–H and O–H groups in total. The van der Waals surface area contributed by atoms with Crippen LogP contribution in [0.4, 0.5) is 4.79 Å². The van der Waals surface area contributed by atoms with Gasteiger partial charge in [-0.2, -0.15) is 0 Å². The van der Waals surface area contributed by atoms with Crippen LogP contribution in [0.2, 0.25) is 0 Å². The lowest BCUT2D eigenvalue weighted by molar-refractivity contribution is 0.0739. The number of rotatable bonds is 5. The van der Waals surface area contributed by atoms with Crippen molar-refractivity contribution in [3.63, 3.8) is 0 Å². The first-order chi connectivity index (χ1) is 11.7. The van der Waals surface area contributed by atoms with Crippen molar-refractivity contribution in [3.8, 4) is 5.75 Å². The molecule has 3 fully saturated rings. The van der Waals surface area contributed by atoms with Crippen molar-refractivity contribution in [2.24, 2.45) is 11.8 Å². The zero-order valence-electron chi connectivity index (χ0n) is 14.2. The highest BCUT2D eigenvalue weighted by atomic mass is 16.5. The molecule has 130 valence electrons. The molecule has 0 radical (unpaired) electrons. The van der Waals surface area contributed by atoms with Crippen LogP contribution in [0.15, 0.2) is 24.3 Å². The first kappa shape index (κ1) is 15.8. The third-order valence-corrected chi connectivity index (χ3v) is 5.79. The molecular formula is C19H26N2O3. The van der Waals surface area contributed by atoms with E-state index in [1.807, 2.05) is 17.0 Å². The Labute approximate surface area is 143 Å². The van der Waals surface area contributed by atoms with Gasteiger partial charge < -0.3 is 19.7 Å². The average Bonchev–Trinajstić information content (AvgIpc) is 3.31. The minimum Gasteiger partial charge on any atom is -0.497 e. The van der Waals surface area contributed by atoms with Crippen molar-refractivity contribution >= 4 is 6.03 Å². The van der Waals surface area contributed by atoms with E-state index in [4.69, 9.17) is 9.47 Å². The molecular weight excluding hydrogens is 304 g/mol. The molecule has 3 saturated heterocycles. The molecule has 5 heteroatoms. The molecule has 0 aliphatic carbocycles. The van der Waals surface area contributed by atoms with Gasteiger partial charge in [0.05, 0.1) is 19.3 Å². The van der Waals surface area contributed by atoms with Gasteiger partial charge in [0, 0.05) is 31.5 Å². The fourth-order valence-electron chi connectivity index (χ4n) is 4.55. The molecule has 3 heterocycles. The van der Waals surface area contributed by atoms with Crippen LogP contribution < -0.4 is 10.1 Å². The van der Waals surface area contributed by atoms with Crippen LogP contribution in [0.1, 0.15) is 24.8 Å². The largest absolute Gasteiger partial charge is 0.497 e. The quantitative estimate of drug-likeness (QED) is 0.844. The number of carbonyl (C=O) groups excluding carboxylic acids is 1. The number of urea groups is 1. The summed E-state index contributed by atoms with van der Waals surface area (Å²) in [6.45, 7) is 2.45. The van der Waals surface area contributed by atoms with Crippen molar-refractivity contribution in [1.29, 1.82) is 0 Å². The van der Waals surface area contributed by atoms with E-state index in [0.29, 0.717) is 30.6 Å². The number of carbonyl (C=O) groups is 1. The Kier molecular flexibility index (Phi) is 4.35. The van der Waals surface area contributed by atoms with Crippen molar-refractivity contribution < 1.29 is 14.3 Å². The molecule has 5 nitrogen and oxygen atoms in total. The Morgan fingerprint density at radius 3 is 2.75 bits per heavy atom. The minimum atomic E-state index is 0.0921. The maximum absolute atomic E-state index is 12.4. The van der Waals surface area contributed by atoms with Crippen LogP contribution in [0.25, 0.3) is 0 Å². The number of amides is 2. The van der Waals surface area contributed by atoms with Gasteiger partial charge in [-0.3, -0.25) is 0 Å².